The summed E-state index contributed by atoms with van der Waals surface area (Å²) in [6, 6.07) is 9.16. The van der Waals surface area contributed by atoms with E-state index in [1.54, 1.807) is 19.1 Å². The molecule has 0 aliphatic heterocycles. The molecule has 3 nitrogen and oxygen atoms in total. The Morgan fingerprint density at radius 1 is 1.15 bits per heavy atom. The number of aromatic carboxylic acids is 1. The second-order valence-electron chi connectivity index (χ2n) is 4.42. The fraction of sp³-hybridized carbons (Fsp3) is 0.133. The Balaban J connectivity index is 2.28. The summed E-state index contributed by atoms with van der Waals surface area (Å²) in [7, 11) is 0. The first kappa shape index (κ1) is 14.0. The predicted octanol–water partition coefficient (Wildman–Crippen LogP) is 3.84. The topological polar surface area (TPSA) is 49.3 Å². The van der Waals surface area contributed by atoms with Crippen molar-refractivity contribution < 1.29 is 18.7 Å². The summed E-state index contributed by atoms with van der Waals surface area (Å²) in [5.41, 5.74) is 0.801. The van der Waals surface area contributed by atoms with Crippen LogP contribution in [0.5, 0.6) is 0 Å². The first-order valence-electron chi connectivity index (χ1n) is 6.02. The highest BCUT2D eigenvalue weighted by molar-refractivity contribution is 5.94. The maximum atomic E-state index is 13.2. The SMILES string of the molecule is CC(Nc1ccc(F)cc1C(=O)O)c1cccc(F)c1. The van der Waals surface area contributed by atoms with Gasteiger partial charge in [-0.3, -0.25) is 0 Å². The van der Waals surface area contributed by atoms with E-state index in [1.807, 2.05) is 0 Å². The molecule has 5 heteroatoms. The van der Waals surface area contributed by atoms with E-state index in [-0.39, 0.29) is 23.1 Å². The number of halogens is 2. The maximum Gasteiger partial charge on any atom is 0.337 e. The van der Waals surface area contributed by atoms with E-state index in [4.69, 9.17) is 5.11 Å². The molecule has 2 rings (SSSR count). The Labute approximate surface area is 114 Å². The molecule has 104 valence electrons. The number of carbonyl (C=O) groups is 1. The number of carboxylic acids is 1. The van der Waals surface area contributed by atoms with E-state index in [1.165, 1.54) is 24.3 Å². The van der Waals surface area contributed by atoms with E-state index >= 15 is 0 Å². The van der Waals surface area contributed by atoms with Gasteiger partial charge in [-0.2, -0.15) is 0 Å². The lowest BCUT2D eigenvalue weighted by molar-refractivity contribution is 0.0697. The number of nitrogens with one attached hydrogen (secondary N) is 1. The lowest BCUT2D eigenvalue weighted by Gasteiger charge is -2.17. The molecule has 0 aliphatic carbocycles. The van der Waals surface area contributed by atoms with E-state index in [9.17, 15) is 13.6 Å². The molecule has 0 heterocycles. The number of rotatable bonds is 4. The van der Waals surface area contributed by atoms with Crippen LogP contribution in [0.2, 0.25) is 0 Å². The van der Waals surface area contributed by atoms with Gasteiger partial charge in [0, 0.05) is 11.7 Å². The summed E-state index contributed by atoms with van der Waals surface area (Å²) in [6.07, 6.45) is 0. The van der Waals surface area contributed by atoms with Gasteiger partial charge >= 0.3 is 5.97 Å². The Hall–Kier alpha value is -2.43. The zero-order chi connectivity index (χ0) is 14.7. The lowest BCUT2D eigenvalue weighted by atomic mass is 10.1. The molecular formula is C15H13F2NO2. The molecule has 2 aromatic rings. The molecular weight excluding hydrogens is 264 g/mol. The van der Waals surface area contributed by atoms with Crippen molar-refractivity contribution in [3.63, 3.8) is 0 Å². The van der Waals surface area contributed by atoms with Gasteiger partial charge < -0.3 is 10.4 Å². The van der Waals surface area contributed by atoms with Gasteiger partial charge in [0.2, 0.25) is 0 Å². The first-order valence-corrected chi connectivity index (χ1v) is 6.02. The molecule has 0 aromatic heterocycles. The molecule has 1 unspecified atom stereocenters. The Kier molecular flexibility index (Phi) is 3.98. The minimum atomic E-state index is -1.22. The number of anilines is 1. The van der Waals surface area contributed by atoms with Crippen molar-refractivity contribution in [1.82, 2.24) is 0 Å². The highest BCUT2D eigenvalue weighted by Gasteiger charge is 2.14. The molecule has 0 aliphatic rings. The summed E-state index contributed by atoms with van der Waals surface area (Å²) in [6.45, 7) is 1.77. The van der Waals surface area contributed by atoms with Gasteiger partial charge in [-0.1, -0.05) is 12.1 Å². The third-order valence-electron chi connectivity index (χ3n) is 2.93. The molecule has 0 saturated heterocycles. The zero-order valence-corrected chi connectivity index (χ0v) is 10.7. The minimum absolute atomic E-state index is 0.159. The van der Waals surface area contributed by atoms with E-state index in [2.05, 4.69) is 5.32 Å². The van der Waals surface area contributed by atoms with Gasteiger partial charge in [0.25, 0.3) is 0 Å². The van der Waals surface area contributed by atoms with Crippen LogP contribution in [-0.4, -0.2) is 11.1 Å². The summed E-state index contributed by atoms with van der Waals surface area (Å²) in [4.78, 5) is 11.1. The van der Waals surface area contributed by atoms with Crippen LogP contribution >= 0.6 is 0 Å². The van der Waals surface area contributed by atoms with Gasteiger partial charge in [0.1, 0.15) is 11.6 Å². The smallest absolute Gasteiger partial charge is 0.337 e. The summed E-state index contributed by atoms with van der Waals surface area (Å²) in [5, 5.41) is 12.0. The van der Waals surface area contributed by atoms with Crippen LogP contribution in [-0.2, 0) is 0 Å². The molecule has 20 heavy (non-hydrogen) atoms. The van der Waals surface area contributed by atoms with Crippen LogP contribution in [0.3, 0.4) is 0 Å². The normalized spacial score (nSPS) is 11.9. The third kappa shape index (κ3) is 3.12. The van der Waals surface area contributed by atoms with Crippen LogP contribution < -0.4 is 5.32 Å². The van der Waals surface area contributed by atoms with E-state index in [0.29, 0.717) is 5.56 Å². The Morgan fingerprint density at radius 2 is 1.85 bits per heavy atom. The van der Waals surface area contributed by atoms with Crippen LogP contribution in [0.4, 0.5) is 14.5 Å². The van der Waals surface area contributed by atoms with E-state index in [0.717, 1.165) is 6.07 Å². The van der Waals surface area contributed by atoms with Gasteiger partial charge in [-0.25, -0.2) is 13.6 Å². The standard InChI is InChI=1S/C15H13F2NO2/c1-9(10-3-2-4-11(16)7-10)18-14-6-5-12(17)8-13(14)15(19)20/h2-9,18H,1H3,(H,19,20). The molecule has 0 saturated carbocycles. The summed E-state index contributed by atoms with van der Waals surface area (Å²) >= 11 is 0. The van der Waals surface area contributed by atoms with E-state index < -0.39 is 11.8 Å². The average Bonchev–Trinajstić information content (AvgIpc) is 2.40. The van der Waals surface area contributed by atoms with Crippen molar-refractivity contribution in [2.75, 3.05) is 5.32 Å². The average molecular weight is 277 g/mol. The van der Waals surface area contributed by atoms with Crippen LogP contribution in [0.15, 0.2) is 42.5 Å². The van der Waals surface area contributed by atoms with Gasteiger partial charge in [0.15, 0.2) is 0 Å². The molecule has 0 amide bonds. The van der Waals surface area contributed by atoms with Crippen LogP contribution in [0, 0.1) is 11.6 Å². The third-order valence-corrected chi connectivity index (χ3v) is 2.93. The first-order chi connectivity index (χ1) is 9.47. The fourth-order valence-corrected chi connectivity index (χ4v) is 1.91. The molecule has 1 atom stereocenters. The highest BCUT2D eigenvalue weighted by Crippen LogP contribution is 2.23. The highest BCUT2D eigenvalue weighted by atomic mass is 19.1. The number of benzene rings is 2. The lowest BCUT2D eigenvalue weighted by Crippen LogP contribution is -2.11. The van der Waals surface area contributed by atoms with Gasteiger partial charge in [-0.15, -0.1) is 0 Å². The van der Waals surface area contributed by atoms with Crippen molar-refractivity contribution in [2.24, 2.45) is 0 Å². The molecule has 0 radical (unpaired) electrons. The van der Waals surface area contributed by atoms with Gasteiger partial charge in [0.05, 0.1) is 5.56 Å². The van der Waals surface area contributed by atoms with Crippen LogP contribution in [0.25, 0.3) is 0 Å². The van der Waals surface area contributed by atoms with Gasteiger partial charge in [-0.05, 0) is 42.8 Å². The van der Waals surface area contributed by atoms with Crippen molar-refractivity contribution in [3.05, 3.63) is 65.2 Å². The quantitative estimate of drug-likeness (QED) is 0.892. The number of carboxylic acid groups (broad SMARTS) is 1. The number of hydrogen-bond acceptors (Lipinski definition) is 2. The molecule has 0 spiro atoms. The molecule has 0 fully saturated rings. The predicted molar refractivity (Wildman–Crippen MR) is 71.8 cm³/mol. The molecule has 2 N–H and O–H groups in total. The maximum absolute atomic E-state index is 13.2. The fourth-order valence-electron chi connectivity index (χ4n) is 1.91. The second-order valence-corrected chi connectivity index (χ2v) is 4.42. The van der Waals surface area contributed by atoms with Crippen molar-refractivity contribution in [3.8, 4) is 0 Å². The summed E-state index contributed by atoms with van der Waals surface area (Å²) < 4.78 is 26.2. The Morgan fingerprint density at radius 3 is 2.50 bits per heavy atom. The molecule has 2 aromatic carbocycles. The second kappa shape index (κ2) is 5.69. The largest absolute Gasteiger partial charge is 0.478 e. The Bertz CT molecular complexity index is 644. The van der Waals surface area contributed by atoms with Crippen LogP contribution in [0.1, 0.15) is 28.9 Å². The van der Waals surface area contributed by atoms with Crippen molar-refractivity contribution >= 4 is 11.7 Å². The minimum Gasteiger partial charge on any atom is -0.478 e. The molecule has 0 bridgehead atoms. The van der Waals surface area contributed by atoms with Crippen molar-refractivity contribution in [2.45, 2.75) is 13.0 Å². The van der Waals surface area contributed by atoms with Crippen molar-refractivity contribution in [1.29, 1.82) is 0 Å². The number of hydrogen-bond donors (Lipinski definition) is 2. The monoisotopic (exact) mass is 277 g/mol. The summed E-state index contributed by atoms with van der Waals surface area (Å²) in [5.74, 6) is -2.21. The zero-order valence-electron chi connectivity index (χ0n) is 10.7.